The number of ether oxygens (including phenoxy) is 1. The predicted molar refractivity (Wildman–Crippen MR) is 198 cm³/mol. The van der Waals surface area contributed by atoms with E-state index in [1.807, 2.05) is 24.3 Å². The highest BCUT2D eigenvalue weighted by Gasteiger charge is 2.26. The molecule has 7 aromatic carbocycles. The molecule has 9 aromatic rings. The Balaban J connectivity index is 1.29. The van der Waals surface area contributed by atoms with Crippen molar-refractivity contribution < 1.29 is 4.74 Å². The zero-order valence-electron chi connectivity index (χ0n) is 26.0. The summed E-state index contributed by atoms with van der Waals surface area (Å²) in [6, 6.07) is 60.1. The highest BCUT2D eigenvalue weighted by Crippen LogP contribution is 2.50. The van der Waals surface area contributed by atoms with Crippen LogP contribution in [0.15, 0.2) is 176 Å². The van der Waals surface area contributed by atoms with E-state index in [2.05, 4.69) is 166 Å². The van der Waals surface area contributed by atoms with E-state index in [1.54, 1.807) is 0 Å². The van der Waals surface area contributed by atoms with Crippen LogP contribution in [-0.2, 0) is 0 Å². The van der Waals surface area contributed by atoms with Crippen molar-refractivity contribution in [1.82, 2.24) is 9.13 Å². The van der Waals surface area contributed by atoms with Gasteiger partial charge in [-0.25, -0.2) is 0 Å². The van der Waals surface area contributed by atoms with Crippen LogP contribution in [0.25, 0.3) is 55.2 Å². The summed E-state index contributed by atoms with van der Waals surface area (Å²) in [6.07, 6.45) is 2.30. The molecule has 0 aliphatic carbocycles. The summed E-state index contributed by atoms with van der Waals surface area (Å²) in [4.78, 5) is 2.31. The van der Waals surface area contributed by atoms with Crippen LogP contribution >= 0.6 is 0 Å². The van der Waals surface area contributed by atoms with Crippen LogP contribution < -0.4 is 9.64 Å². The summed E-state index contributed by atoms with van der Waals surface area (Å²) in [7, 11) is 0. The van der Waals surface area contributed by atoms with Crippen molar-refractivity contribution >= 4 is 49.8 Å². The number of nitrogens with zero attached hydrogens (tertiary/aromatic N) is 3. The standard InChI is InChI=1S/C44H29N3O/c1-3-14-30(15-4-1)37-29-45(31-16-5-2-6-17-31)43-36(37)27-26-35-34-20-7-8-21-38(34)47(44(35)43)33-19-13-18-32(28-33)46-39-22-9-11-24-41(39)48-42-25-12-10-23-40(42)46/h1-29H. The molecule has 0 saturated heterocycles. The molecule has 4 heteroatoms. The third-order valence-corrected chi connectivity index (χ3v) is 9.50. The highest BCUT2D eigenvalue weighted by molar-refractivity contribution is 6.20. The minimum absolute atomic E-state index is 0.842. The molecule has 1 aliphatic heterocycles. The lowest BCUT2D eigenvalue weighted by Crippen LogP contribution is -2.15. The molecule has 10 rings (SSSR count). The molecule has 0 radical (unpaired) electrons. The van der Waals surface area contributed by atoms with Gasteiger partial charge in [0.05, 0.1) is 27.9 Å². The second kappa shape index (κ2) is 10.5. The van der Waals surface area contributed by atoms with Crippen LogP contribution in [0.1, 0.15) is 0 Å². The van der Waals surface area contributed by atoms with E-state index in [0.29, 0.717) is 0 Å². The summed E-state index contributed by atoms with van der Waals surface area (Å²) in [5.74, 6) is 1.68. The molecule has 0 amide bonds. The molecule has 4 nitrogen and oxygen atoms in total. The van der Waals surface area contributed by atoms with Crippen molar-refractivity contribution in [2.45, 2.75) is 0 Å². The summed E-state index contributed by atoms with van der Waals surface area (Å²) in [5.41, 5.74) is 11.3. The quantitative estimate of drug-likeness (QED) is 0.197. The van der Waals surface area contributed by atoms with Gasteiger partial charge in [0, 0.05) is 45.0 Å². The molecule has 0 saturated carbocycles. The fourth-order valence-corrected chi connectivity index (χ4v) is 7.43. The number of hydrogen-bond acceptors (Lipinski definition) is 2. The van der Waals surface area contributed by atoms with Crippen molar-refractivity contribution in [3.8, 4) is 34.0 Å². The van der Waals surface area contributed by atoms with Crippen LogP contribution in [0.3, 0.4) is 0 Å². The monoisotopic (exact) mass is 615 g/mol. The van der Waals surface area contributed by atoms with E-state index < -0.39 is 0 Å². The van der Waals surface area contributed by atoms with Gasteiger partial charge in [-0.3, -0.25) is 0 Å². The Kier molecular flexibility index (Phi) is 5.84. The van der Waals surface area contributed by atoms with Crippen LogP contribution in [0, 0.1) is 0 Å². The molecule has 1 aliphatic rings. The minimum Gasteiger partial charge on any atom is -0.453 e. The number of rotatable bonds is 4. The lowest BCUT2D eigenvalue weighted by atomic mass is 10.0. The van der Waals surface area contributed by atoms with Gasteiger partial charge in [-0.05, 0) is 66.2 Å². The molecule has 48 heavy (non-hydrogen) atoms. The Morgan fingerprint density at radius 3 is 1.79 bits per heavy atom. The average molecular weight is 616 g/mol. The Hall–Kier alpha value is -6.52. The van der Waals surface area contributed by atoms with Crippen LogP contribution in [0.4, 0.5) is 17.1 Å². The van der Waals surface area contributed by atoms with Crippen molar-refractivity contribution in [3.05, 3.63) is 176 Å². The third-order valence-electron chi connectivity index (χ3n) is 9.50. The second-order valence-electron chi connectivity index (χ2n) is 12.2. The molecule has 2 aromatic heterocycles. The number of hydrogen-bond donors (Lipinski definition) is 0. The van der Waals surface area contributed by atoms with E-state index >= 15 is 0 Å². The molecular weight excluding hydrogens is 587 g/mol. The molecule has 0 unspecified atom stereocenters. The van der Waals surface area contributed by atoms with E-state index in [1.165, 1.54) is 43.8 Å². The van der Waals surface area contributed by atoms with Crippen molar-refractivity contribution in [2.75, 3.05) is 4.90 Å². The molecular formula is C44H29N3O. The van der Waals surface area contributed by atoms with Crippen molar-refractivity contribution in [2.24, 2.45) is 0 Å². The second-order valence-corrected chi connectivity index (χ2v) is 12.2. The van der Waals surface area contributed by atoms with Gasteiger partial charge in [-0.2, -0.15) is 0 Å². The number of benzene rings is 7. The molecule has 3 heterocycles. The molecule has 0 atom stereocenters. The maximum Gasteiger partial charge on any atom is 0.151 e. The van der Waals surface area contributed by atoms with E-state index in [-0.39, 0.29) is 0 Å². The Morgan fingerprint density at radius 2 is 1.02 bits per heavy atom. The van der Waals surface area contributed by atoms with Crippen LogP contribution in [0.2, 0.25) is 0 Å². The number of fused-ring (bicyclic) bond motifs is 7. The van der Waals surface area contributed by atoms with E-state index in [0.717, 1.165) is 39.9 Å². The zero-order chi connectivity index (χ0) is 31.6. The minimum atomic E-state index is 0.842. The summed E-state index contributed by atoms with van der Waals surface area (Å²) < 4.78 is 11.2. The first kappa shape index (κ1) is 26.7. The van der Waals surface area contributed by atoms with Gasteiger partial charge in [0.15, 0.2) is 11.5 Å². The largest absolute Gasteiger partial charge is 0.453 e. The summed E-state index contributed by atoms with van der Waals surface area (Å²) in [6.45, 7) is 0. The Labute approximate surface area is 277 Å². The van der Waals surface area contributed by atoms with E-state index in [4.69, 9.17) is 4.74 Å². The average Bonchev–Trinajstić information content (AvgIpc) is 3.71. The molecule has 0 bridgehead atoms. The fraction of sp³-hybridized carbons (Fsp3) is 0. The van der Waals surface area contributed by atoms with Gasteiger partial charge in [0.25, 0.3) is 0 Å². The molecule has 0 fully saturated rings. The molecule has 0 spiro atoms. The first-order chi connectivity index (χ1) is 23.8. The maximum absolute atomic E-state index is 6.34. The normalized spacial score (nSPS) is 12.3. The topological polar surface area (TPSA) is 22.3 Å². The first-order valence-corrected chi connectivity index (χ1v) is 16.3. The van der Waals surface area contributed by atoms with Gasteiger partial charge >= 0.3 is 0 Å². The van der Waals surface area contributed by atoms with Gasteiger partial charge in [-0.15, -0.1) is 0 Å². The van der Waals surface area contributed by atoms with Crippen molar-refractivity contribution in [1.29, 1.82) is 0 Å². The summed E-state index contributed by atoms with van der Waals surface area (Å²) in [5, 5.41) is 3.66. The third kappa shape index (κ3) is 3.96. The first-order valence-electron chi connectivity index (χ1n) is 16.3. The molecule has 226 valence electrons. The lowest BCUT2D eigenvalue weighted by Gasteiger charge is -2.33. The highest BCUT2D eigenvalue weighted by atomic mass is 16.5. The van der Waals surface area contributed by atoms with Gasteiger partial charge < -0.3 is 18.8 Å². The zero-order valence-corrected chi connectivity index (χ0v) is 26.0. The predicted octanol–water partition coefficient (Wildman–Crippen LogP) is 12.0. The molecule has 0 N–H and O–H groups in total. The lowest BCUT2D eigenvalue weighted by molar-refractivity contribution is 0.477. The van der Waals surface area contributed by atoms with E-state index in [9.17, 15) is 0 Å². The number of para-hydroxylation sites is 6. The fourth-order valence-electron chi connectivity index (χ4n) is 7.43. The van der Waals surface area contributed by atoms with Crippen molar-refractivity contribution in [3.63, 3.8) is 0 Å². The van der Waals surface area contributed by atoms with Gasteiger partial charge in [-0.1, -0.05) is 109 Å². The summed E-state index contributed by atoms with van der Waals surface area (Å²) >= 11 is 0. The number of anilines is 3. The smallest absolute Gasteiger partial charge is 0.151 e. The Bertz CT molecular complexity index is 2610. The Morgan fingerprint density at radius 1 is 0.417 bits per heavy atom. The van der Waals surface area contributed by atoms with Crippen LogP contribution in [-0.4, -0.2) is 9.13 Å². The van der Waals surface area contributed by atoms with Crippen LogP contribution in [0.5, 0.6) is 11.5 Å². The van der Waals surface area contributed by atoms with Gasteiger partial charge in [0.1, 0.15) is 0 Å². The maximum atomic E-state index is 6.34. The SMILES string of the molecule is c1ccc(-c2cn(-c3ccccc3)c3c2ccc2c4ccccc4n(-c4cccc(N5c6ccccc6Oc6ccccc65)c4)c23)cc1. The van der Waals surface area contributed by atoms with Gasteiger partial charge in [0.2, 0.25) is 0 Å². The number of aromatic nitrogens is 2.